The molecule has 0 saturated heterocycles. The molecule has 0 aromatic heterocycles. The van der Waals surface area contributed by atoms with Gasteiger partial charge in [0.15, 0.2) is 34.5 Å². The standard InChI is InChI=1S/C34H32N2O5/c1-37-27-8-5-20-14-25-24-18-30-29(16-21(24)9-11-35-25)40-33-31(38-2)17-22-10-12-36-26(32(22)34(33)41-30)13-19-3-6-23(7-4-19)39-28(27)15-20/h3-8,15-18,25-26,35-36H,9-14H2,1-2H3. The Morgan fingerprint density at radius 2 is 1.34 bits per heavy atom. The summed E-state index contributed by atoms with van der Waals surface area (Å²) in [6.07, 6.45) is 3.43. The molecule has 0 saturated carbocycles. The number of fused-ring (bicyclic) bond motifs is 2. The van der Waals surface area contributed by atoms with Crippen LogP contribution in [0.2, 0.25) is 0 Å². The number of benzene rings is 4. The van der Waals surface area contributed by atoms with Crippen LogP contribution in [-0.2, 0) is 25.7 Å². The van der Waals surface area contributed by atoms with E-state index in [4.69, 9.17) is 23.7 Å². The van der Waals surface area contributed by atoms with Crippen molar-refractivity contribution >= 4 is 0 Å². The molecule has 0 fully saturated rings. The van der Waals surface area contributed by atoms with Crippen LogP contribution in [0.1, 0.15) is 45.5 Å². The maximum Gasteiger partial charge on any atom is 0.212 e. The van der Waals surface area contributed by atoms with E-state index in [2.05, 4.69) is 53.1 Å². The van der Waals surface area contributed by atoms with Gasteiger partial charge in [-0.1, -0.05) is 18.2 Å². The van der Waals surface area contributed by atoms with E-state index in [9.17, 15) is 0 Å². The van der Waals surface area contributed by atoms with Crippen molar-refractivity contribution in [3.63, 3.8) is 0 Å². The van der Waals surface area contributed by atoms with Crippen LogP contribution in [0.5, 0.6) is 46.0 Å². The second-order valence-corrected chi connectivity index (χ2v) is 11.2. The van der Waals surface area contributed by atoms with Crippen molar-refractivity contribution in [1.29, 1.82) is 0 Å². The van der Waals surface area contributed by atoms with Crippen LogP contribution in [0, 0.1) is 0 Å². The second-order valence-electron chi connectivity index (χ2n) is 11.2. The SMILES string of the molecule is COc1ccc2cc1Oc1ccc(cc1)CC1NCCc3cc(OC)c4c(c31)Oc1cc3c(cc1O4)CCNC3C2. The van der Waals surface area contributed by atoms with Crippen LogP contribution in [0.4, 0.5) is 0 Å². The smallest absolute Gasteiger partial charge is 0.212 e. The van der Waals surface area contributed by atoms with Crippen molar-refractivity contribution in [1.82, 2.24) is 10.6 Å². The molecule has 41 heavy (non-hydrogen) atoms. The molecule has 0 radical (unpaired) electrons. The molecular weight excluding hydrogens is 516 g/mol. The molecule has 2 atom stereocenters. The summed E-state index contributed by atoms with van der Waals surface area (Å²) in [6, 6.07) is 21.2. The van der Waals surface area contributed by atoms with E-state index < -0.39 is 0 Å². The summed E-state index contributed by atoms with van der Waals surface area (Å²) >= 11 is 0. The zero-order valence-electron chi connectivity index (χ0n) is 23.2. The van der Waals surface area contributed by atoms with E-state index in [0.29, 0.717) is 23.0 Å². The van der Waals surface area contributed by atoms with Gasteiger partial charge in [0, 0.05) is 17.6 Å². The van der Waals surface area contributed by atoms with Gasteiger partial charge in [-0.05, 0) is 109 Å². The maximum atomic E-state index is 6.80. The Morgan fingerprint density at radius 1 is 0.634 bits per heavy atom. The minimum atomic E-state index is 0.0676. The third-order valence-corrected chi connectivity index (χ3v) is 8.73. The molecule has 5 aliphatic heterocycles. The number of methoxy groups -OCH3 is 2. The zero-order valence-corrected chi connectivity index (χ0v) is 23.2. The van der Waals surface area contributed by atoms with Gasteiger partial charge in [0.25, 0.3) is 0 Å². The van der Waals surface area contributed by atoms with E-state index in [-0.39, 0.29) is 12.1 Å². The first-order chi connectivity index (χ1) is 20.2. The third kappa shape index (κ3) is 4.19. The number of hydrogen-bond acceptors (Lipinski definition) is 7. The summed E-state index contributed by atoms with van der Waals surface area (Å²) in [7, 11) is 3.37. The van der Waals surface area contributed by atoms with Gasteiger partial charge in [-0.15, -0.1) is 0 Å². The topological polar surface area (TPSA) is 70.2 Å². The first kappa shape index (κ1) is 24.6. The lowest BCUT2D eigenvalue weighted by Crippen LogP contribution is -2.32. The van der Waals surface area contributed by atoms with E-state index in [0.717, 1.165) is 72.9 Å². The van der Waals surface area contributed by atoms with Crippen LogP contribution < -0.4 is 34.3 Å². The Kier molecular flexibility index (Phi) is 5.83. The van der Waals surface area contributed by atoms with Crippen molar-refractivity contribution in [2.24, 2.45) is 0 Å². The summed E-state index contributed by atoms with van der Waals surface area (Å²) in [5.41, 5.74) is 7.25. The molecule has 7 bridgehead atoms. The largest absolute Gasteiger partial charge is 0.493 e. The number of rotatable bonds is 2. The predicted molar refractivity (Wildman–Crippen MR) is 155 cm³/mol. The Bertz CT molecular complexity index is 1670. The summed E-state index contributed by atoms with van der Waals surface area (Å²) < 4.78 is 31.2. The van der Waals surface area contributed by atoms with Gasteiger partial charge in [0.1, 0.15) is 5.75 Å². The Labute approximate surface area is 239 Å². The van der Waals surface area contributed by atoms with Crippen molar-refractivity contribution in [3.8, 4) is 46.0 Å². The lowest BCUT2D eigenvalue weighted by Gasteiger charge is -2.34. The minimum Gasteiger partial charge on any atom is -0.493 e. The third-order valence-electron chi connectivity index (χ3n) is 8.73. The molecule has 9 rings (SSSR count). The van der Waals surface area contributed by atoms with E-state index in [1.54, 1.807) is 14.2 Å². The fourth-order valence-corrected chi connectivity index (χ4v) is 6.71. The number of ether oxygens (including phenoxy) is 5. The highest BCUT2D eigenvalue weighted by atomic mass is 16.6. The van der Waals surface area contributed by atoms with E-state index >= 15 is 0 Å². The normalized spacial score (nSPS) is 19.8. The van der Waals surface area contributed by atoms with Gasteiger partial charge in [-0.25, -0.2) is 0 Å². The molecule has 4 aromatic carbocycles. The van der Waals surface area contributed by atoms with Crippen molar-refractivity contribution in [2.45, 2.75) is 37.8 Å². The predicted octanol–water partition coefficient (Wildman–Crippen LogP) is 6.57. The number of nitrogens with one attached hydrogen (secondary N) is 2. The van der Waals surface area contributed by atoms with Crippen molar-refractivity contribution < 1.29 is 23.7 Å². The van der Waals surface area contributed by atoms with Crippen LogP contribution in [0.25, 0.3) is 0 Å². The van der Waals surface area contributed by atoms with Gasteiger partial charge in [0.05, 0.1) is 14.2 Å². The molecule has 0 aliphatic carbocycles. The van der Waals surface area contributed by atoms with Crippen LogP contribution >= 0.6 is 0 Å². The van der Waals surface area contributed by atoms with Crippen molar-refractivity contribution in [3.05, 3.63) is 94.0 Å². The van der Waals surface area contributed by atoms with Gasteiger partial charge >= 0.3 is 0 Å². The van der Waals surface area contributed by atoms with E-state index in [1.807, 2.05) is 18.2 Å². The van der Waals surface area contributed by atoms with Crippen molar-refractivity contribution in [2.75, 3.05) is 27.3 Å². The fraction of sp³-hybridized carbons (Fsp3) is 0.294. The molecule has 5 heterocycles. The van der Waals surface area contributed by atoms with Gasteiger partial charge in [-0.2, -0.15) is 0 Å². The second kappa shape index (κ2) is 9.72. The summed E-state index contributed by atoms with van der Waals surface area (Å²) in [6.45, 7) is 1.78. The zero-order chi connectivity index (χ0) is 27.5. The Balaban J connectivity index is 1.31. The quantitative estimate of drug-likeness (QED) is 0.259. The molecule has 208 valence electrons. The molecule has 4 aromatic rings. The van der Waals surface area contributed by atoms with Gasteiger partial charge < -0.3 is 34.3 Å². The monoisotopic (exact) mass is 548 g/mol. The van der Waals surface area contributed by atoms with E-state index in [1.165, 1.54) is 22.3 Å². The molecule has 2 unspecified atom stereocenters. The average molecular weight is 549 g/mol. The summed E-state index contributed by atoms with van der Waals surface area (Å²) in [5.74, 6) is 5.80. The molecule has 5 aliphatic rings. The Morgan fingerprint density at radius 3 is 2.17 bits per heavy atom. The van der Waals surface area contributed by atoms with Crippen LogP contribution in [0.3, 0.4) is 0 Å². The highest BCUT2D eigenvalue weighted by Gasteiger charge is 2.35. The molecular formula is C34H32N2O5. The number of hydrogen-bond donors (Lipinski definition) is 2. The molecule has 0 amide bonds. The van der Waals surface area contributed by atoms with Gasteiger partial charge in [0.2, 0.25) is 5.75 Å². The molecule has 2 N–H and O–H groups in total. The molecule has 0 spiro atoms. The highest BCUT2D eigenvalue weighted by Crippen LogP contribution is 2.55. The average Bonchev–Trinajstić information content (AvgIpc) is 3.00. The fourth-order valence-electron chi connectivity index (χ4n) is 6.71. The van der Waals surface area contributed by atoms with Crippen LogP contribution in [-0.4, -0.2) is 27.3 Å². The molecule has 7 nitrogen and oxygen atoms in total. The minimum absolute atomic E-state index is 0.0676. The highest BCUT2D eigenvalue weighted by molar-refractivity contribution is 5.67. The lowest BCUT2D eigenvalue weighted by molar-refractivity contribution is 0.318. The molecule has 7 heteroatoms. The lowest BCUT2D eigenvalue weighted by atomic mass is 9.88. The summed E-state index contributed by atoms with van der Waals surface area (Å²) in [5, 5.41) is 7.47. The Hall–Kier alpha value is -4.20. The summed E-state index contributed by atoms with van der Waals surface area (Å²) in [4.78, 5) is 0. The first-order valence-corrected chi connectivity index (χ1v) is 14.3. The van der Waals surface area contributed by atoms with Gasteiger partial charge in [-0.3, -0.25) is 0 Å². The maximum absolute atomic E-state index is 6.80. The first-order valence-electron chi connectivity index (χ1n) is 14.3. The van der Waals surface area contributed by atoms with Crippen LogP contribution in [0.15, 0.2) is 60.7 Å².